The Morgan fingerprint density at radius 2 is 1.83 bits per heavy atom. The molecule has 12 heavy (non-hydrogen) atoms. The molecule has 0 aliphatic rings. The van der Waals surface area contributed by atoms with Crippen molar-refractivity contribution in [3.05, 3.63) is 12.7 Å². The number of rotatable bonds is 2. The van der Waals surface area contributed by atoms with Crippen LogP contribution in [0.25, 0.3) is 0 Å². The van der Waals surface area contributed by atoms with E-state index < -0.39 is 5.24 Å². The summed E-state index contributed by atoms with van der Waals surface area (Å²) in [6.07, 6.45) is 1.59. The summed E-state index contributed by atoms with van der Waals surface area (Å²) < 4.78 is 0. The normalized spacial score (nSPS) is 6.50. The second-order valence-electron chi connectivity index (χ2n) is 1.31. The molecule has 3 N–H and O–H groups in total. The van der Waals surface area contributed by atoms with E-state index in [1.165, 1.54) is 0 Å². The molecule has 70 valence electrons. The Hall–Kier alpha value is 0.0683. The number of hydrogen-bond acceptors (Lipinski definition) is 2. The first kappa shape index (κ1) is 18.0. The average Bonchev–Trinajstić information content (AvgIpc) is 1.82. The van der Waals surface area contributed by atoms with Gasteiger partial charge in [-0.25, -0.2) is 0 Å². The van der Waals surface area contributed by atoms with Crippen LogP contribution in [0.4, 0.5) is 9.59 Å². The van der Waals surface area contributed by atoms with Gasteiger partial charge >= 0.3 is 0 Å². The molecule has 0 spiro atoms. The van der Waals surface area contributed by atoms with Crippen LogP contribution in [0, 0.1) is 0 Å². The van der Waals surface area contributed by atoms with Gasteiger partial charge in [-0.1, -0.05) is 31.3 Å². The van der Waals surface area contributed by atoms with Gasteiger partial charge in [-0.3, -0.25) is 9.59 Å². The maximum atomic E-state index is 9.91. The molecule has 7 heteroatoms. The Bertz CT molecular complexity index is 150. The fourth-order valence-electron chi connectivity index (χ4n) is 0.159. The Labute approximate surface area is 96.4 Å². The molecule has 0 aliphatic heterocycles. The summed E-state index contributed by atoms with van der Waals surface area (Å²) in [6.45, 7) is 3.87. The van der Waals surface area contributed by atoms with Gasteiger partial charge in [0.25, 0.3) is 10.5 Å². The van der Waals surface area contributed by atoms with E-state index in [0.717, 1.165) is 0 Å². The van der Waals surface area contributed by atoms with E-state index in [-0.39, 0.29) is 26.3 Å². The number of nitrogens with two attached hydrogens (primary N) is 1. The molecule has 0 saturated carbocycles. The van der Waals surface area contributed by atoms with Crippen LogP contribution < -0.4 is 11.1 Å². The number of carbonyl (C=O) groups excluding carboxylic acids is 2. The molecule has 2 amide bonds. The van der Waals surface area contributed by atoms with Gasteiger partial charge in [-0.15, -0.1) is 6.58 Å². The van der Waals surface area contributed by atoms with Gasteiger partial charge in [0.15, 0.2) is 0 Å². The predicted octanol–water partition coefficient (Wildman–Crippen LogP) is 0.804. The fraction of sp³-hybridized carbons (Fsp3) is 0.200. The average molecular weight is 290 g/mol. The fourth-order valence-corrected chi connectivity index (χ4v) is 0.251. The van der Waals surface area contributed by atoms with E-state index in [1.54, 1.807) is 6.08 Å². The predicted molar refractivity (Wildman–Crippen MR) is 51.2 cm³/mol. The molecule has 0 unspecified atom stereocenters. The van der Waals surface area contributed by atoms with Crippen molar-refractivity contribution >= 4 is 35.7 Å². The van der Waals surface area contributed by atoms with E-state index in [2.05, 4.69) is 42.9 Å². The van der Waals surface area contributed by atoms with Crippen LogP contribution in [0.2, 0.25) is 0 Å². The third kappa shape index (κ3) is 50.0. The van der Waals surface area contributed by atoms with Crippen LogP contribution in [-0.2, 0) is 21.1 Å². The van der Waals surface area contributed by atoms with Gasteiger partial charge in [0.05, 0.1) is 0 Å². The Kier molecular flexibility index (Phi) is 20.4. The number of hydrogen-bond donors (Lipinski definition) is 4. The van der Waals surface area contributed by atoms with Crippen LogP contribution in [-0.4, -0.2) is 17.0 Å². The third-order valence-corrected chi connectivity index (χ3v) is 0.556. The zero-order valence-electron chi connectivity index (χ0n) is 6.19. The van der Waals surface area contributed by atoms with Gasteiger partial charge in [0.1, 0.15) is 0 Å². The first-order chi connectivity index (χ1) is 5.00. The van der Waals surface area contributed by atoms with Crippen LogP contribution in [0.15, 0.2) is 12.7 Å². The number of primary amides is 1. The molecule has 0 heterocycles. The molecule has 0 radical (unpaired) electrons. The minimum absolute atomic E-state index is 0. The summed E-state index contributed by atoms with van der Waals surface area (Å²) in [5, 5.41) is 1.44. The van der Waals surface area contributed by atoms with Gasteiger partial charge in [0, 0.05) is 27.6 Å². The van der Waals surface area contributed by atoms with Gasteiger partial charge in [-0.05, 0) is 0 Å². The van der Waals surface area contributed by atoms with E-state index in [0.29, 0.717) is 6.54 Å². The van der Waals surface area contributed by atoms with Gasteiger partial charge in [-0.2, -0.15) is 0 Å². The molecule has 0 aromatic carbocycles. The van der Waals surface area contributed by atoms with Crippen molar-refractivity contribution in [2.24, 2.45) is 5.73 Å². The quantitative estimate of drug-likeness (QED) is 0.345. The summed E-state index contributed by atoms with van der Waals surface area (Å²) in [5.41, 5.74) is 4.34. The van der Waals surface area contributed by atoms with Crippen molar-refractivity contribution in [1.82, 2.24) is 5.32 Å². The maximum Gasteiger partial charge on any atom is 0.276 e. The molecule has 0 aliphatic carbocycles. The maximum absolute atomic E-state index is 9.91. The van der Waals surface area contributed by atoms with Gasteiger partial charge in [0.2, 0.25) is 0 Å². The van der Waals surface area contributed by atoms with E-state index in [9.17, 15) is 4.79 Å². The standard InChI is InChI=1S/C4H7NOS.CH3NOS.Mo/c1-2-3-5-4(6)7;2-1(3)4;/h2H,1,3H2,(H2,5,6,7);(H3,2,3,4);. The molecule has 4 nitrogen and oxygen atoms in total. The molecular weight excluding hydrogens is 280 g/mol. The summed E-state index contributed by atoms with van der Waals surface area (Å²) in [7, 11) is 0. The zero-order chi connectivity index (χ0) is 9.28. The molecule has 0 atom stereocenters. The van der Waals surface area contributed by atoms with E-state index in [4.69, 9.17) is 4.79 Å². The molecule has 0 fully saturated rings. The monoisotopic (exact) mass is 292 g/mol. The Balaban J connectivity index is -0.000000142. The molecule has 0 rings (SSSR count). The largest absolute Gasteiger partial charge is 0.361 e. The Morgan fingerprint density at radius 3 is 1.92 bits per heavy atom. The number of thiol groups is 2. The van der Waals surface area contributed by atoms with Crippen molar-refractivity contribution in [2.45, 2.75) is 0 Å². The zero-order valence-corrected chi connectivity index (χ0v) is 9.98. The summed E-state index contributed by atoms with van der Waals surface area (Å²) in [5.74, 6) is 0. The smallest absolute Gasteiger partial charge is 0.276 e. The molecule has 0 aromatic rings. The van der Waals surface area contributed by atoms with Crippen molar-refractivity contribution in [2.75, 3.05) is 6.54 Å². The molecule has 0 aromatic heterocycles. The number of carbonyl (C=O) groups is 2. The van der Waals surface area contributed by atoms with Crippen molar-refractivity contribution in [1.29, 1.82) is 0 Å². The SMILES string of the molecule is C=CCNC(=O)S.NC(=O)S.[Mo]. The first-order valence-electron chi connectivity index (χ1n) is 2.56. The van der Waals surface area contributed by atoms with Crippen molar-refractivity contribution in [3.63, 3.8) is 0 Å². The second kappa shape index (κ2) is 13.6. The second-order valence-corrected chi connectivity index (χ2v) is 2.16. The van der Waals surface area contributed by atoms with Crippen molar-refractivity contribution in [3.8, 4) is 0 Å². The molecule has 0 saturated heterocycles. The topological polar surface area (TPSA) is 72.2 Å². The minimum Gasteiger partial charge on any atom is -0.361 e. The van der Waals surface area contributed by atoms with E-state index in [1.807, 2.05) is 0 Å². The van der Waals surface area contributed by atoms with E-state index >= 15 is 0 Å². The number of nitrogens with one attached hydrogen (secondary N) is 1. The summed E-state index contributed by atoms with van der Waals surface area (Å²) >= 11 is 6.54. The van der Waals surface area contributed by atoms with Crippen molar-refractivity contribution < 1.29 is 30.7 Å². The molecular formula is C5H10MoN2O2S2. The minimum atomic E-state index is -0.639. The number of amides is 2. The van der Waals surface area contributed by atoms with Crippen LogP contribution in [0.1, 0.15) is 0 Å². The summed E-state index contributed by atoms with van der Waals surface area (Å²) in [6, 6.07) is 0. The van der Waals surface area contributed by atoms with Crippen LogP contribution >= 0.6 is 25.3 Å². The third-order valence-electron chi connectivity index (χ3n) is 0.398. The molecule has 0 bridgehead atoms. The van der Waals surface area contributed by atoms with Crippen LogP contribution in [0.5, 0.6) is 0 Å². The summed E-state index contributed by atoms with van der Waals surface area (Å²) in [4.78, 5) is 19.0. The van der Waals surface area contributed by atoms with Gasteiger partial charge < -0.3 is 11.1 Å². The van der Waals surface area contributed by atoms with Crippen LogP contribution in [0.3, 0.4) is 0 Å². The first-order valence-corrected chi connectivity index (χ1v) is 3.46. The Morgan fingerprint density at radius 1 is 1.50 bits per heavy atom.